The molecule has 3 heteroatoms. The lowest BCUT2D eigenvalue weighted by atomic mass is 10.1. The predicted molar refractivity (Wildman–Crippen MR) is 45.2 cm³/mol. The summed E-state index contributed by atoms with van der Waals surface area (Å²) < 4.78 is 0. The van der Waals surface area contributed by atoms with Crippen molar-refractivity contribution in [3.05, 3.63) is 11.6 Å². The number of rotatable bonds is 1. The largest absolute Gasteiger partial charge is 0.338 e. The van der Waals surface area contributed by atoms with E-state index >= 15 is 0 Å². The highest BCUT2D eigenvalue weighted by atomic mass is 16.2. The number of nitriles is 1. The molecule has 1 aliphatic heterocycles. The fourth-order valence-electron chi connectivity index (χ4n) is 1.30. The topological polar surface area (TPSA) is 44.1 Å². The molecule has 0 saturated carbocycles. The average molecular weight is 164 g/mol. The highest BCUT2D eigenvalue weighted by Gasteiger charge is 2.15. The molecule has 12 heavy (non-hydrogen) atoms. The Bertz CT molecular complexity index is 250. The van der Waals surface area contributed by atoms with Gasteiger partial charge in [0.1, 0.15) is 6.42 Å². The lowest BCUT2D eigenvalue weighted by Crippen LogP contribution is -2.34. The SMILES string of the molecule is CC1=CCCN(C(=O)CC#N)C1. The molecule has 0 radical (unpaired) electrons. The Balaban J connectivity index is 2.50. The van der Waals surface area contributed by atoms with Crippen LogP contribution in [0.4, 0.5) is 0 Å². The summed E-state index contributed by atoms with van der Waals surface area (Å²) in [5.41, 5.74) is 1.22. The summed E-state index contributed by atoms with van der Waals surface area (Å²) in [4.78, 5) is 13.0. The third kappa shape index (κ3) is 2.09. The van der Waals surface area contributed by atoms with Crippen LogP contribution in [0, 0.1) is 11.3 Å². The van der Waals surface area contributed by atoms with Crippen LogP contribution in [0.3, 0.4) is 0 Å². The van der Waals surface area contributed by atoms with Crippen molar-refractivity contribution in [1.29, 1.82) is 5.26 Å². The highest BCUT2D eigenvalue weighted by molar-refractivity contribution is 5.78. The van der Waals surface area contributed by atoms with E-state index < -0.39 is 0 Å². The lowest BCUT2D eigenvalue weighted by molar-refractivity contribution is -0.129. The van der Waals surface area contributed by atoms with Crippen molar-refractivity contribution in [2.75, 3.05) is 13.1 Å². The van der Waals surface area contributed by atoms with Gasteiger partial charge in [0.15, 0.2) is 0 Å². The number of carbonyl (C=O) groups is 1. The first-order valence-corrected chi connectivity index (χ1v) is 4.04. The number of hydrogen-bond acceptors (Lipinski definition) is 2. The third-order valence-corrected chi connectivity index (χ3v) is 1.92. The van der Waals surface area contributed by atoms with Crippen molar-refractivity contribution >= 4 is 5.91 Å². The summed E-state index contributed by atoms with van der Waals surface area (Å²) in [5, 5.41) is 8.32. The van der Waals surface area contributed by atoms with Crippen LogP contribution in [0.2, 0.25) is 0 Å². The normalized spacial score (nSPS) is 16.7. The van der Waals surface area contributed by atoms with Gasteiger partial charge in [-0.1, -0.05) is 11.6 Å². The quantitative estimate of drug-likeness (QED) is 0.544. The van der Waals surface area contributed by atoms with Gasteiger partial charge in [-0.25, -0.2) is 0 Å². The van der Waals surface area contributed by atoms with E-state index in [0.717, 1.165) is 13.0 Å². The molecule has 0 atom stereocenters. The third-order valence-electron chi connectivity index (χ3n) is 1.92. The Morgan fingerprint density at radius 2 is 2.58 bits per heavy atom. The molecule has 0 aromatic heterocycles. The van der Waals surface area contributed by atoms with Crippen molar-refractivity contribution in [2.24, 2.45) is 0 Å². The molecule has 0 fully saturated rings. The van der Waals surface area contributed by atoms with Gasteiger partial charge in [-0.3, -0.25) is 4.79 Å². The summed E-state index contributed by atoms with van der Waals surface area (Å²) in [5.74, 6) is -0.0510. The molecule has 1 heterocycles. The van der Waals surface area contributed by atoms with Crippen molar-refractivity contribution in [3.63, 3.8) is 0 Å². The highest BCUT2D eigenvalue weighted by Crippen LogP contribution is 2.09. The van der Waals surface area contributed by atoms with Gasteiger partial charge in [0.2, 0.25) is 5.91 Å². The second-order valence-electron chi connectivity index (χ2n) is 2.99. The van der Waals surface area contributed by atoms with Gasteiger partial charge >= 0.3 is 0 Å². The molecule has 1 rings (SSSR count). The van der Waals surface area contributed by atoms with Crippen molar-refractivity contribution in [2.45, 2.75) is 19.8 Å². The maximum atomic E-state index is 11.2. The van der Waals surface area contributed by atoms with E-state index in [-0.39, 0.29) is 12.3 Å². The van der Waals surface area contributed by atoms with Gasteiger partial charge in [-0.05, 0) is 13.3 Å². The van der Waals surface area contributed by atoms with Gasteiger partial charge in [0.25, 0.3) is 0 Å². The first kappa shape index (κ1) is 8.79. The van der Waals surface area contributed by atoms with Crippen molar-refractivity contribution < 1.29 is 4.79 Å². The Morgan fingerprint density at radius 1 is 1.83 bits per heavy atom. The maximum absolute atomic E-state index is 11.2. The molecule has 0 aromatic carbocycles. The molecule has 0 N–H and O–H groups in total. The second-order valence-corrected chi connectivity index (χ2v) is 2.99. The van der Waals surface area contributed by atoms with Crippen LogP contribution < -0.4 is 0 Å². The van der Waals surface area contributed by atoms with E-state index in [4.69, 9.17) is 5.26 Å². The van der Waals surface area contributed by atoms with Crippen molar-refractivity contribution in [3.8, 4) is 6.07 Å². The molecule has 0 aliphatic carbocycles. The molecule has 0 spiro atoms. The fraction of sp³-hybridized carbons (Fsp3) is 0.556. The standard InChI is InChI=1S/C9H12N2O/c1-8-3-2-6-11(7-8)9(12)4-5-10/h3H,2,4,6-7H2,1H3. The van der Waals surface area contributed by atoms with E-state index in [9.17, 15) is 4.79 Å². The van der Waals surface area contributed by atoms with E-state index in [2.05, 4.69) is 6.08 Å². The lowest BCUT2D eigenvalue weighted by Gasteiger charge is -2.25. The monoisotopic (exact) mass is 164 g/mol. The van der Waals surface area contributed by atoms with Crippen LogP contribution in [-0.4, -0.2) is 23.9 Å². The Kier molecular flexibility index (Phi) is 2.87. The first-order valence-electron chi connectivity index (χ1n) is 4.04. The molecule has 1 aliphatic rings. The first-order chi connectivity index (χ1) is 5.74. The number of amides is 1. The summed E-state index contributed by atoms with van der Waals surface area (Å²) in [6.07, 6.45) is 3.06. The summed E-state index contributed by atoms with van der Waals surface area (Å²) in [6.45, 7) is 3.46. The number of nitrogens with zero attached hydrogens (tertiary/aromatic N) is 2. The minimum absolute atomic E-state index is 0.00722. The Labute approximate surface area is 72.3 Å². The molecular weight excluding hydrogens is 152 g/mol. The summed E-state index contributed by atoms with van der Waals surface area (Å²) in [7, 11) is 0. The second kappa shape index (κ2) is 3.91. The maximum Gasteiger partial charge on any atom is 0.237 e. The molecule has 0 unspecified atom stereocenters. The van der Waals surface area contributed by atoms with Crippen LogP contribution >= 0.6 is 0 Å². The molecule has 0 aromatic rings. The number of carbonyl (C=O) groups excluding carboxylic acids is 1. The number of hydrogen-bond donors (Lipinski definition) is 0. The van der Waals surface area contributed by atoms with Crippen LogP contribution in [0.25, 0.3) is 0 Å². The fourth-order valence-corrected chi connectivity index (χ4v) is 1.30. The average Bonchev–Trinajstić information content (AvgIpc) is 2.05. The summed E-state index contributed by atoms with van der Waals surface area (Å²) in [6, 6.07) is 1.87. The zero-order valence-electron chi connectivity index (χ0n) is 7.21. The molecule has 1 amide bonds. The van der Waals surface area contributed by atoms with Gasteiger partial charge in [-0.2, -0.15) is 5.26 Å². The van der Waals surface area contributed by atoms with Crippen molar-refractivity contribution in [1.82, 2.24) is 4.90 Å². The Morgan fingerprint density at radius 3 is 3.17 bits per heavy atom. The molecule has 64 valence electrons. The van der Waals surface area contributed by atoms with Crippen LogP contribution in [0.5, 0.6) is 0 Å². The molecule has 0 bridgehead atoms. The molecule has 3 nitrogen and oxygen atoms in total. The zero-order valence-corrected chi connectivity index (χ0v) is 7.21. The minimum atomic E-state index is -0.0510. The van der Waals surface area contributed by atoms with E-state index in [1.54, 1.807) is 4.90 Å². The zero-order chi connectivity index (χ0) is 8.97. The van der Waals surface area contributed by atoms with Gasteiger partial charge in [0, 0.05) is 13.1 Å². The van der Waals surface area contributed by atoms with Crippen LogP contribution in [-0.2, 0) is 4.79 Å². The minimum Gasteiger partial charge on any atom is -0.338 e. The van der Waals surface area contributed by atoms with Gasteiger partial charge < -0.3 is 4.90 Å². The summed E-state index contributed by atoms with van der Waals surface area (Å²) >= 11 is 0. The van der Waals surface area contributed by atoms with E-state index in [1.807, 2.05) is 13.0 Å². The van der Waals surface area contributed by atoms with Crippen LogP contribution in [0.15, 0.2) is 11.6 Å². The van der Waals surface area contributed by atoms with Gasteiger partial charge in [0.05, 0.1) is 6.07 Å². The molecule has 0 saturated heterocycles. The van der Waals surface area contributed by atoms with E-state index in [0.29, 0.717) is 6.54 Å². The smallest absolute Gasteiger partial charge is 0.237 e. The predicted octanol–water partition coefficient (Wildman–Crippen LogP) is 1.08. The Hall–Kier alpha value is -1.30. The van der Waals surface area contributed by atoms with Gasteiger partial charge in [-0.15, -0.1) is 0 Å². The van der Waals surface area contributed by atoms with Crippen LogP contribution in [0.1, 0.15) is 19.8 Å². The van der Waals surface area contributed by atoms with E-state index in [1.165, 1.54) is 5.57 Å². The molecular formula is C9H12N2O.